The predicted octanol–water partition coefficient (Wildman–Crippen LogP) is 2.47. The van der Waals surface area contributed by atoms with Crippen molar-refractivity contribution in [3.63, 3.8) is 0 Å². The summed E-state index contributed by atoms with van der Waals surface area (Å²) in [4.78, 5) is 25.2. The Morgan fingerprint density at radius 2 is 1.95 bits per heavy atom. The van der Waals surface area contributed by atoms with Gasteiger partial charge in [0.2, 0.25) is 5.91 Å². The second-order valence-corrected chi connectivity index (χ2v) is 5.48. The van der Waals surface area contributed by atoms with Gasteiger partial charge in [0.15, 0.2) is 0 Å². The number of carbonyl (C=O) groups excluding carboxylic acids is 2. The molecule has 0 aliphatic carbocycles. The number of hydrogen-bond acceptors (Lipinski definition) is 3. The first-order valence-electron chi connectivity index (χ1n) is 6.61. The van der Waals surface area contributed by atoms with Gasteiger partial charge in [-0.25, -0.2) is 0 Å². The third kappa shape index (κ3) is 3.12. The molecular formula is C15H18ClNO3. The molecule has 0 radical (unpaired) electrons. The maximum Gasteiger partial charge on any atom is 0.311 e. The fourth-order valence-corrected chi connectivity index (χ4v) is 2.86. The number of benzene rings is 1. The molecule has 108 valence electrons. The summed E-state index contributed by atoms with van der Waals surface area (Å²) in [5.41, 5.74) is 1.06. The fourth-order valence-electron chi connectivity index (χ4n) is 2.74. The quantitative estimate of drug-likeness (QED) is 0.788. The lowest BCUT2D eigenvalue weighted by atomic mass is 9.80. The van der Waals surface area contributed by atoms with Gasteiger partial charge in [0.25, 0.3) is 0 Å². The molecule has 1 heterocycles. The largest absolute Gasteiger partial charge is 0.469 e. The number of hydrogen-bond donors (Lipinski definition) is 0. The van der Waals surface area contributed by atoms with E-state index in [1.54, 1.807) is 4.90 Å². The van der Waals surface area contributed by atoms with Crippen molar-refractivity contribution in [3.8, 4) is 0 Å². The number of carbonyl (C=O) groups is 2. The van der Waals surface area contributed by atoms with Crippen LogP contribution in [0.5, 0.6) is 0 Å². The first-order chi connectivity index (χ1) is 9.52. The number of rotatable bonds is 2. The Bertz CT molecular complexity index is 500. The highest BCUT2D eigenvalue weighted by molar-refractivity contribution is 6.30. The van der Waals surface area contributed by atoms with E-state index in [1.165, 1.54) is 14.0 Å². The van der Waals surface area contributed by atoms with E-state index in [4.69, 9.17) is 16.3 Å². The van der Waals surface area contributed by atoms with Gasteiger partial charge in [0.1, 0.15) is 0 Å². The Balaban J connectivity index is 2.24. The maximum absolute atomic E-state index is 12.0. The highest BCUT2D eigenvalue weighted by Gasteiger charge is 2.36. The number of ether oxygens (including phenoxy) is 1. The maximum atomic E-state index is 12.0. The minimum absolute atomic E-state index is 0.00606. The summed E-state index contributed by atoms with van der Waals surface area (Å²) in [6.07, 6.45) is 0.751. The first kappa shape index (κ1) is 14.9. The molecule has 1 unspecified atom stereocenters. The Morgan fingerprint density at radius 3 is 2.50 bits per heavy atom. The average molecular weight is 296 g/mol. The highest BCUT2D eigenvalue weighted by atomic mass is 35.5. The van der Waals surface area contributed by atoms with Crippen molar-refractivity contribution in [3.05, 3.63) is 34.9 Å². The minimum atomic E-state index is -0.321. The monoisotopic (exact) mass is 295 g/mol. The second-order valence-electron chi connectivity index (χ2n) is 5.04. The molecule has 20 heavy (non-hydrogen) atoms. The van der Waals surface area contributed by atoms with Crippen molar-refractivity contribution in [2.75, 3.05) is 20.2 Å². The average Bonchev–Trinajstić information content (AvgIpc) is 2.46. The molecule has 0 bridgehead atoms. The third-order valence-corrected chi connectivity index (χ3v) is 4.11. The van der Waals surface area contributed by atoms with Crippen LogP contribution in [0.3, 0.4) is 0 Å². The van der Waals surface area contributed by atoms with Gasteiger partial charge < -0.3 is 9.64 Å². The van der Waals surface area contributed by atoms with Crippen LogP contribution in [-0.4, -0.2) is 37.0 Å². The number of methoxy groups -OCH3 is 1. The Morgan fingerprint density at radius 1 is 1.30 bits per heavy atom. The summed E-state index contributed by atoms with van der Waals surface area (Å²) >= 11 is 5.90. The number of esters is 1. The topological polar surface area (TPSA) is 46.6 Å². The lowest BCUT2D eigenvalue weighted by Crippen LogP contribution is -2.45. The van der Waals surface area contributed by atoms with Crippen LogP contribution in [-0.2, 0) is 14.3 Å². The molecule has 2 atom stereocenters. The van der Waals surface area contributed by atoms with Gasteiger partial charge in [-0.15, -0.1) is 0 Å². The van der Waals surface area contributed by atoms with Crippen molar-refractivity contribution >= 4 is 23.5 Å². The molecule has 1 amide bonds. The molecule has 0 saturated carbocycles. The van der Waals surface area contributed by atoms with E-state index in [-0.39, 0.29) is 23.7 Å². The lowest BCUT2D eigenvalue weighted by Gasteiger charge is -2.37. The fraction of sp³-hybridized carbons (Fsp3) is 0.467. The van der Waals surface area contributed by atoms with Gasteiger partial charge >= 0.3 is 5.97 Å². The second kappa shape index (κ2) is 6.27. The van der Waals surface area contributed by atoms with E-state index < -0.39 is 0 Å². The van der Waals surface area contributed by atoms with Crippen molar-refractivity contribution in [1.29, 1.82) is 0 Å². The Kier molecular flexibility index (Phi) is 4.65. The lowest BCUT2D eigenvalue weighted by molar-refractivity contribution is -0.149. The smallest absolute Gasteiger partial charge is 0.311 e. The molecule has 0 aromatic heterocycles. The highest BCUT2D eigenvalue weighted by Crippen LogP contribution is 2.34. The standard InChI is InChI=1S/C15H18ClNO3/c1-10(18)17-8-7-13(14(9-17)15(19)20-2)11-3-5-12(16)6-4-11/h3-6,13-14H,7-9H2,1-2H3/t13-,14?/m1/s1. The zero-order valence-electron chi connectivity index (χ0n) is 11.6. The molecule has 0 N–H and O–H groups in total. The molecule has 5 heteroatoms. The zero-order valence-corrected chi connectivity index (χ0v) is 12.4. The van der Waals surface area contributed by atoms with Gasteiger partial charge in [-0.05, 0) is 24.1 Å². The van der Waals surface area contributed by atoms with Gasteiger partial charge in [-0.2, -0.15) is 0 Å². The Hall–Kier alpha value is -1.55. The van der Waals surface area contributed by atoms with Crippen LogP contribution in [0, 0.1) is 5.92 Å². The molecule has 1 fully saturated rings. The molecule has 1 aromatic carbocycles. The van der Waals surface area contributed by atoms with E-state index in [1.807, 2.05) is 24.3 Å². The summed E-state index contributed by atoms with van der Waals surface area (Å²) in [5.74, 6) is -0.529. The van der Waals surface area contributed by atoms with Crippen LogP contribution in [0.15, 0.2) is 24.3 Å². The van der Waals surface area contributed by atoms with Crippen molar-refractivity contribution in [1.82, 2.24) is 4.90 Å². The minimum Gasteiger partial charge on any atom is -0.469 e. The van der Waals surface area contributed by atoms with Gasteiger partial charge in [-0.1, -0.05) is 23.7 Å². The molecule has 1 aliphatic rings. The van der Waals surface area contributed by atoms with E-state index in [0.717, 1.165) is 12.0 Å². The van der Waals surface area contributed by atoms with Crippen molar-refractivity contribution in [2.24, 2.45) is 5.92 Å². The zero-order chi connectivity index (χ0) is 14.7. The van der Waals surface area contributed by atoms with Crippen LogP contribution in [0.2, 0.25) is 5.02 Å². The van der Waals surface area contributed by atoms with Crippen LogP contribution in [0.25, 0.3) is 0 Å². The summed E-state index contributed by atoms with van der Waals surface area (Å²) in [6, 6.07) is 7.52. The van der Waals surface area contributed by atoms with E-state index in [0.29, 0.717) is 18.1 Å². The molecule has 4 nitrogen and oxygen atoms in total. The number of likely N-dealkylation sites (tertiary alicyclic amines) is 1. The van der Waals surface area contributed by atoms with E-state index in [9.17, 15) is 9.59 Å². The molecule has 1 aliphatic heterocycles. The first-order valence-corrected chi connectivity index (χ1v) is 6.99. The molecule has 1 saturated heterocycles. The third-order valence-electron chi connectivity index (χ3n) is 3.86. The number of nitrogens with zero attached hydrogens (tertiary/aromatic N) is 1. The number of halogens is 1. The SMILES string of the molecule is COC(=O)C1CN(C(C)=O)CC[C@@H]1c1ccc(Cl)cc1. The normalized spacial score (nSPS) is 22.4. The van der Waals surface area contributed by atoms with Crippen LogP contribution < -0.4 is 0 Å². The molecule has 0 spiro atoms. The van der Waals surface area contributed by atoms with Crippen molar-refractivity contribution in [2.45, 2.75) is 19.3 Å². The Labute approximate surface area is 123 Å². The van der Waals surface area contributed by atoms with Crippen LogP contribution in [0.4, 0.5) is 0 Å². The molecular weight excluding hydrogens is 278 g/mol. The number of piperidine rings is 1. The molecule has 2 rings (SSSR count). The van der Waals surface area contributed by atoms with Crippen molar-refractivity contribution < 1.29 is 14.3 Å². The van der Waals surface area contributed by atoms with Gasteiger partial charge in [0, 0.05) is 31.0 Å². The van der Waals surface area contributed by atoms with E-state index in [2.05, 4.69) is 0 Å². The summed E-state index contributed by atoms with van der Waals surface area (Å²) in [6.45, 7) is 2.60. The van der Waals surface area contributed by atoms with Crippen LogP contribution >= 0.6 is 11.6 Å². The summed E-state index contributed by atoms with van der Waals surface area (Å²) in [7, 11) is 1.38. The van der Waals surface area contributed by atoms with E-state index >= 15 is 0 Å². The number of amides is 1. The predicted molar refractivity (Wildman–Crippen MR) is 76.6 cm³/mol. The van der Waals surface area contributed by atoms with Gasteiger partial charge in [0.05, 0.1) is 13.0 Å². The molecule has 1 aromatic rings. The summed E-state index contributed by atoms with van der Waals surface area (Å²) < 4.78 is 4.89. The summed E-state index contributed by atoms with van der Waals surface area (Å²) in [5, 5.41) is 0.671. The van der Waals surface area contributed by atoms with Crippen LogP contribution in [0.1, 0.15) is 24.8 Å². The van der Waals surface area contributed by atoms with Gasteiger partial charge in [-0.3, -0.25) is 9.59 Å².